The van der Waals surface area contributed by atoms with E-state index >= 15 is 0 Å². The Balaban J connectivity index is 1.31. The summed E-state index contributed by atoms with van der Waals surface area (Å²) in [7, 11) is 1.57. The number of hydrogen-bond acceptors (Lipinski definition) is 6. The second-order valence-electron chi connectivity index (χ2n) is 11.0. The van der Waals surface area contributed by atoms with Crippen molar-refractivity contribution in [2.45, 2.75) is 62.0 Å². The molecule has 1 aromatic carbocycles. The van der Waals surface area contributed by atoms with E-state index in [-0.39, 0.29) is 24.1 Å². The third-order valence-corrected chi connectivity index (χ3v) is 9.11. The Kier molecular flexibility index (Phi) is 5.53. The number of aromatic hydroxyl groups is 1. The Morgan fingerprint density at radius 3 is 2.74 bits per heavy atom. The average molecular weight is 478 g/mol. The monoisotopic (exact) mass is 477 g/mol. The molecule has 2 N–H and O–H groups in total. The first-order valence-electron chi connectivity index (χ1n) is 13.0. The number of fused-ring (bicyclic) bond motifs is 1. The molecule has 1 aromatic heterocycles. The summed E-state index contributed by atoms with van der Waals surface area (Å²) in [6.07, 6.45) is 5.69. The lowest BCUT2D eigenvalue weighted by atomic mass is 9.52. The molecule has 2 saturated heterocycles. The van der Waals surface area contributed by atoms with Gasteiger partial charge in [-0.05, 0) is 80.3 Å². The highest BCUT2D eigenvalue weighted by Gasteiger charge is 2.63. The predicted octanol–water partition coefficient (Wildman–Crippen LogP) is 2.67. The van der Waals surface area contributed by atoms with Crippen molar-refractivity contribution in [2.75, 3.05) is 33.3 Å². The smallest absolute Gasteiger partial charge is 0.228 e. The molecular weight excluding hydrogens is 442 g/mol. The number of pyridine rings is 1. The van der Waals surface area contributed by atoms with Gasteiger partial charge in [-0.15, -0.1) is 0 Å². The van der Waals surface area contributed by atoms with Crippen LogP contribution in [-0.4, -0.2) is 75.8 Å². The molecular formula is C28H35N3O4. The molecule has 35 heavy (non-hydrogen) atoms. The van der Waals surface area contributed by atoms with Crippen LogP contribution in [0.4, 0.5) is 0 Å². The fourth-order valence-corrected chi connectivity index (χ4v) is 7.05. The number of rotatable bonds is 5. The van der Waals surface area contributed by atoms with Crippen LogP contribution in [0.15, 0.2) is 36.4 Å². The van der Waals surface area contributed by atoms with Crippen molar-refractivity contribution >= 4 is 5.91 Å². The number of hydrogen-bond donors (Lipinski definition) is 2. The van der Waals surface area contributed by atoms with E-state index in [0.29, 0.717) is 37.5 Å². The summed E-state index contributed by atoms with van der Waals surface area (Å²) >= 11 is 0. The molecule has 3 heterocycles. The maximum Gasteiger partial charge on any atom is 0.228 e. The summed E-state index contributed by atoms with van der Waals surface area (Å²) in [6, 6.07) is 11.2. The minimum Gasteiger partial charge on any atom is -0.508 e. The third kappa shape index (κ3) is 3.80. The molecule has 3 fully saturated rings. The largest absolute Gasteiger partial charge is 0.508 e. The topological polar surface area (TPSA) is 86.1 Å². The number of nitrogens with zero attached hydrogens (tertiary/aromatic N) is 3. The number of carbonyl (C=O) groups excluding carboxylic acids is 1. The van der Waals surface area contributed by atoms with Gasteiger partial charge in [0.2, 0.25) is 11.8 Å². The van der Waals surface area contributed by atoms with Gasteiger partial charge >= 0.3 is 0 Å². The number of aliphatic hydroxyl groups is 1. The molecule has 2 aliphatic carbocycles. The molecule has 1 amide bonds. The van der Waals surface area contributed by atoms with Crippen LogP contribution in [0.3, 0.4) is 0 Å². The van der Waals surface area contributed by atoms with Gasteiger partial charge in [-0.25, -0.2) is 4.98 Å². The average Bonchev–Trinajstić information content (AvgIpc) is 3.68. The van der Waals surface area contributed by atoms with E-state index in [2.05, 4.69) is 9.88 Å². The molecule has 4 aliphatic rings. The van der Waals surface area contributed by atoms with Crippen molar-refractivity contribution in [1.29, 1.82) is 0 Å². The van der Waals surface area contributed by atoms with Crippen LogP contribution in [0.1, 0.15) is 48.9 Å². The molecule has 2 aromatic rings. The van der Waals surface area contributed by atoms with E-state index in [1.54, 1.807) is 19.2 Å². The highest BCUT2D eigenvalue weighted by molar-refractivity contribution is 5.78. The molecule has 6 rings (SSSR count). The van der Waals surface area contributed by atoms with Crippen molar-refractivity contribution in [3.8, 4) is 11.6 Å². The molecule has 186 valence electrons. The number of phenols is 1. The summed E-state index contributed by atoms with van der Waals surface area (Å²) in [5.41, 5.74) is 1.64. The Morgan fingerprint density at radius 2 is 1.94 bits per heavy atom. The summed E-state index contributed by atoms with van der Waals surface area (Å²) < 4.78 is 5.22. The maximum absolute atomic E-state index is 13.4. The number of carbonyl (C=O) groups is 1. The molecule has 7 heteroatoms. The minimum absolute atomic E-state index is 0.0323. The number of piperidine rings is 1. The van der Waals surface area contributed by atoms with E-state index in [0.717, 1.165) is 37.4 Å². The Hall–Kier alpha value is -2.64. The zero-order valence-electron chi connectivity index (χ0n) is 20.4. The Labute approximate surface area is 206 Å². The summed E-state index contributed by atoms with van der Waals surface area (Å²) in [6.45, 7) is 3.14. The standard InChI is InChI=1S/C28H35N3O4/c1-35-25-4-2-3-21(29-25)16-26(33)30-12-9-27-10-13-31(18-19-5-6-19)24(28(27,34)11-14-30)15-20-7-8-22(32)17-23(20)27/h2-4,7-8,17,19,24,32,34H,5-6,9-16,18H2,1H3/t24?,27-,28+/m0/s1. The van der Waals surface area contributed by atoms with Gasteiger partial charge in [0, 0.05) is 37.2 Å². The molecule has 2 bridgehead atoms. The van der Waals surface area contributed by atoms with Gasteiger partial charge in [0.1, 0.15) is 5.75 Å². The van der Waals surface area contributed by atoms with Gasteiger partial charge in [-0.2, -0.15) is 0 Å². The van der Waals surface area contributed by atoms with E-state index in [4.69, 9.17) is 4.74 Å². The minimum atomic E-state index is -0.926. The zero-order chi connectivity index (χ0) is 24.2. The Bertz CT molecular complexity index is 1130. The Morgan fingerprint density at radius 1 is 1.14 bits per heavy atom. The summed E-state index contributed by atoms with van der Waals surface area (Å²) in [5, 5.41) is 22.9. The van der Waals surface area contributed by atoms with Crippen LogP contribution in [0.25, 0.3) is 0 Å². The number of ether oxygens (including phenoxy) is 1. The number of likely N-dealkylation sites (tertiary alicyclic amines) is 2. The van der Waals surface area contributed by atoms with Crippen molar-refractivity contribution in [3.05, 3.63) is 53.2 Å². The van der Waals surface area contributed by atoms with Gasteiger partial charge in [0.25, 0.3) is 0 Å². The van der Waals surface area contributed by atoms with Crippen molar-refractivity contribution in [3.63, 3.8) is 0 Å². The first-order valence-corrected chi connectivity index (χ1v) is 13.0. The maximum atomic E-state index is 13.4. The fraction of sp³-hybridized carbons (Fsp3) is 0.571. The molecule has 0 radical (unpaired) electrons. The summed E-state index contributed by atoms with van der Waals surface area (Å²) in [4.78, 5) is 22.2. The SMILES string of the molecule is COc1cccc(CC(=O)N2CC[C@]34CCN(CC5CC5)C(Cc5ccc(O)cc53)[C@]4(O)CC2)n1. The number of aromatic nitrogens is 1. The number of phenolic OH excluding ortho intramolecular Hbond substituents is 1. The number of benzene rings is 1. The highest BCUT2D eigenvalue weighted by atomic mass is 16.5. The fourth-order valence-electron chi connectivity index (χ4n) is 7.05. The van der Waals surface area contributed by atoms with Crippen LogP contribution < -0.4 is 4.74 Å². The van der Waals surface area contributed by atoms with Gasteiger partial charge in [0.05, 0.1) is 24.8 Å². The van der Waals surface area contributed by atoms with E-state index in [1.165, 1.54) is 18.4 Å². The lowest BCUT2D eigenvalue weighted by Crippen LogP contribution is -2.71. The second-order valence-corrected chi connectivity index (χ2v) is 11.0. The first-order chi connectivity index (χ1) is 16.9. The molecule has 7 nitrogen and oxygen atoms in total. The van der Waals surface area contributed by atoms with Crippen LogP contribution in [-0.2, 0) is 23.1 Å². The zero-order valence-corrected chi connectivity index (χ0v) is 20.4. The number of methoxy groups -OCH3 is 1. The van der Waals surface area contributed by atoms with Gasteiger partial charge in [0.15, 0.2) is 0 Å². The predicted molar refractivity (Wildman–Crippen MR) is 131 cm³/mol. The highest BCUT2D eigenvalue weighted by Crippen LogP contribution is 2.56. The van der Waals surface area contributed by atoms with Crippen molar-refractivity contribution in [1.82, 2.24) is 14.8 Å². The molecule has 2 aliphatic heterocycles. The molecule has 1 unspecified atom stereocenters. The van der Waals surface area contributed by atoms with Crippen molar-refractivity contribution < 1.29 is 19.7 Å². The molecule has 1 saturated carbocycles. The van der Waals surface area contributed by atoms with Crippen LogP contribution in [0.5, 0.6) is 11.6 Å². The lowest BCUT2D eigenvalue weighted by molar-refractivity contribution is -0.149. The van der Waals surface area contributed by atoms with Gasteiger partial charge in [-0.3, -0.25) is 9.69 Å². The van der Waals surface area contributed by atoms with Gasteiger partial charge < -0.3 is 19.8 Å². The van der Waals surface area contributed by atoms with E-state index < -0.39 is 11.0 Å². The van der Waals surface area contributed by atoms with Gasteiger partial charge in [-0.1, -0.05) is 12.1 Å². The van der Waals surface area contributed by atoms with Crippen LogP contribution in [0, 0.1) is 5.92 Å². The van der Waals surface area contributed by atoms with Crippen LogP contribution >= 0.6 is 0 Å². The van der Waals surface area contributed by atoms with Crippen LogP contribution in [0.2, 0.25) is 0 Å². The van der Waals surface area contributed by atoms with Crippen molar-refractivity contribution in [2.24, 2.45) is 5.92 Å². The molecule has 3 atom stereocenters. The quantitative estimate of drug-likeness (QED) is 0.689. The first kappa shape index (κ1) is 22.8. The molecule has 0 spiro atoms. The second kappa shape index (κ2) is 8.49. The summed E-state index contributed by atoms with van der Waals surface area (Å²) in [5.74, 6) is 1.54. The lowest BCUT2D eigenvalue weighted by Gasteiger charge is -2.61. The normalized spacial score (nSPS) is 30.2. The van der Waals surface area contributed by atoms with E-state index in [1.807, 2.05) is 29.2 Å². The number of amides is 1. The third-order valence-electron chi connectivity index (χ3n) is 9.11. The van der Waals surface area contributed by atoms with E-state index in [9.17, 15) is 15.0 Å².